The van der Waals surface area contributed by atoms with Crippen molar-refractivity contribution in [3.8, 4) is 0 Å². The number of aryl methyl sites for hydroxylation is 1. The van der Waals surface area contributed by atoms with Crippen LogP contribution in [-0.2, 0) is 17.8 Å². The first-order chi connectivity index (χ1) is 10.4. The summed E-state index contributed by atoms with van der Waals surface area (Å²) in [5.41, 5.74) is 4.03. The summed E-state index contributed by atoms with van der Waals surface area (Å²) < 4.78 is 0. The van der Waals surface area contributed by atoms with Crippen LogP contribution in [0.15, 0.2) is 12.1 Å². The molecule has 1 fully saturated rings. The molecule has 1 atom stereocenters. The summed E-state index contributed by atoms with van der Waals surface area (Å²) in [5.74, 6) is -0.180. The summed E-state index contributed by atoms with van der Waals surface area (Å²) in [6, 6.07) is 4.96. The van der Waals surface area contributed by atoms with E-state index in [1.165, 1.54) is 35.1 Å². The molecule has 0 aliphatic carbocycles. The number of benzene rings is 1. The number of nitrogens with one attached hydrogen (secondary N) is 1. The largest absolute Gasteiger partial charge is 0.381 e. The van der Waals surface area contributed by atoms with E-state index in [1.807, 2.05) is 0 Å². The van der Waals surface area contributed by atoms with Crippen LogP contribution in [0.3, 0.4) is 0 Å². The second-order valence-corrected chi connectivity index (χ2v) is 7.18. The number of fused-ring (bicyclic) bond motifs is 1. The van der Waals surface area contributed by atoms with Crippen LogP contribution in [0.2, 0.25) is 0 Å². The quantitative estimate of drug-likeness (QED) is 0.879. The summed E-state index contributed by atoms with van der Waals surface area (Å²) in [7, 11) is 0. The van der Waals surface area contributed by atoms with Crippen molar-refractivity contribution in [1.29, 1.82) is 0 Å². The summed E-state index contributed by atoms with van der Waals surface area (Å²) in [6.07, 6.45) is 3.31. The number of rotatable bonds is 2. The van der Waals surface area contributed by atoms with Gasteiger partial charge in [-0.05, 0) is 63.3 Å². The lowest BCUT2D eigenvalue weighted by molar-refractivity contribution is -0.148. The van der Waals surface area contributed by atoms with Gasteiger partial charge >= 0.3 is 0 Å². The van der Waals surface area contributed by atoms with Gasteiger partial charge in [0.1, 0.15) is 5.60 Å². The van der Waals surface area contributed by atoms with Gasteiger partial charge in [0.25, 0.3) is 5.91 Å². The van der Waals surface area contributed by atoms with Crippen molar-refractivity contribution in [1.82, 2.24) is 10.2 Å². The van der Waals surface area contributed by atoms with Crippen molar-refractivity contribution in [3.05, 3.63) is 34.4 Å². The van der Waals surface area contributed by atoms with E-state index in [9.17, 15) is 9.90 Å². The Kier molecular flexibility index (Phi) is 4.00. The van der Waals surface area contributed by atoms with Gasteiger partial charge in [-0.1, -0.05) is 17.7 Å². The molecule has 0 bridgehead atoms. The number of nitrogens with zero attached hydrogens (tertiary/aromatic N) is 1. The predicted molar refractivity (Wildman–Crippen MR) is 86.6 cm³/mol. The highest BCUT2D eigenvalue weighted by Crippen LogP contribution is 2.32. The van der Waals surface area contributed by atoms with Crippen LogP contribution >= 0.6 is 0 Å². The number of carbonyl (C=O) groups excluding carboxylic acids is 1. The van der Waals surface area contributed by atoms with Crippen LogP contribution in [0.1, 0.15) is 55.0 Å². The van der Waals surface area contributed by atoms with Gasteiger partial charge in [0.2, 0.25) is 0 Å². The van der Waals surface area contributed by atoms with Crippen LogP contribution in [0, 0.1) is 6.92 Å². The highest BCUT2D eigenvalue weighted by atomic mass is 16.3. The van der Waals surface area contributed by atoms with Gasteiger partial charge in [0.05, 0.1) is 0 Å². The molecule has 1 saturated heterocycles. The molecule has 1 aromatic rings. The summed E-state index contributed by atoms with van der Waals surface area (Å²) in [5, 5.41) is 13.6. The average molecular weight is 302 g/mol. The van der Waals surface area contributed by atoms with Crippen LogP contribution < -0.4 is 5.32 Å². The van der Waals surface area contributed by atoms with Gasteiger partial charge in [0.15, 0.2) is 0 Å². The molecule has 3 rings (SSSR count). The van der Waals surface area contributed by atoms with Gasteiger partial charge < -0.3 is 15.3 Å². The second kappa shape index (κ2) is 5.67. The topological polar surface area (TPSA) is 52.6 Å². The van der Waals surface area contributed by atoms with Gasteiger partial charge in [0, 0.05) is 19.1 Å². The molecule has 0 radical (unpaired) electrons. The van der Waals surface area contributed by atoms with E-state index in [0.29, 0.717) is 19.1 Å². The molecule has 2 aliphatic rings. The molecule has 4 nitrogen and oxygen atoms in total. The minimum Gasteiger partial charge on any atom is -0.381 e. The molecule has 0 aromatic heterocycles. The zero-order valence-electron chi connectivity index (χ0n) is 13.8. The Hall–Kier alpha value is -1.39. The molecule has 120 valence electrons. The van der Waals surface area contributed by atoms with E-state index in [0.717, 1.165) is 13.0 Å². The average Bonchev–Trinajstić information content (AvgIpc) is 2.97. The van der Waals surface area contributed by atoms with E-state index < -0.39 is 5.60 Å². The maximum Gasteiger partial charge on any atom is 0.254 e. The Bertz CT molecular complexity index is 583. The first-order valence-corrected chi connectivity index (χ1v) is 8.23. The number of carbonyl (C=O) groups is 1. The van der Waals surface area contributed by atoms with Crippen molar-refractivity contribution < 1.29 is 9.90 Å². The predicted octanol–water partition coefficient (Wildman–Crippen LogP) is 2.08. The zero-order chi connectivity index (χ0) is 15.9. The van der Waals surface area contributed by atoms with Crippen LogP contribution in [0.25, 0.3) is 0 Å². The Morgan fingerprint density at radius 3 is 2.82 bits per heavy atom. The Morgan fingerprint density at radius 1 is 1.41 bits per heavy atom. The number of hydrogen-bond donors (Lipinski definition) is 2. The van der Waals surface area contributed by atoms with Gasteiger partial charge in [-0.25, -0.2) is 0 Å². The van der Waals surface area contributed by atoms with Crippen molar-refractivity contribution in [2.24, 2.45) is 0 Å². The molecule has 1 aromatic carbocycles. The maximum atomic E-state index is 12.3. The smallest absolute Gasteiger partial charge is 0.254 e. The number of hydrogen-bond acceptors (Lipinski definition) is 3. The highest BCUT2D eigenvalue weighted by Gasteiger charge is 2.32. The minimum absolute atomic E-state index is 0.180. The first-order valence-electron chi connectivity index (χ1n) is 8.23. The third kappa shape index (κ3) is 2.90. The van der Waals surface area contributed by atoms with Crippen LogP contribution in [0.5, 0.6) is 0 Å². The van der Waals surface area contributed by atoms with Gasteiger partial charge in [-0.15, -0.1) is 0 Å². The van der Waals surface area contributed by atoms with E-state index in [-0.39, 0.29) is 5.91 Å². The standard InChI is InChI=1S/C18H26N2O2/c1-12-9-13-11-20(17(21)18(2,3)22)8-6-14(13)15(10-12)16-5-4-7-19-16/h9-10,16,19,22H,4-8,11H2,1-3H3/t16-/m0/s1. The van der Waals surface area contributed by atoms with Crippen molar-refractivity contribution in [2.75, 3.05) is 13.1 Å². The van der Waals surface area contributed by atoms with Crippen molar-refractivity contribution in [2.45, 2.75) is 58.2 Å². The third-order valence-electron chi connectivity index (χ3n) is 4.76. The fraction of sp³-hybridized carbons (Fsp3) is 0.611. The molecular formula is C18H26N2O2. The normalized spacial score (nSPS) is 21.8. The van der Waals surface area contributed by atoms with E-state index in [4.69, 9.17) is 0 Å². The summed E-state index contributed by atoms with van der Waals surface area (Å²) >= 11 is 0. The Balaban J connectivity index is 1.90. The molecular weight excluding hydrogens is 276 g/mol. The molecule has 1 amide bonds. The zero-order valence-corrected chi connectivity index (χ0v) is 13.8. The monoisotopic (exact) mass is 302 g/mol. The van der Waals surface area contributed by atoms with E-state index >= 15 is 0 Å². The van der Waals surface area contributed by atoms with Crippen molar-refractivity contribution >= 4 is 5.91 Å². The summed E-state index contributed by atoms with van der Waals surface area (Å²) in [4.78, 5) is 14.1. The number of aliphatic hydroxyl groups is 1. The van der Waals surface area contributed by atoms with Crippen molar-refractivity contribution in [3.63, 3.8) is 0 Å². The lowest BCUT2D eigenvalue weighted by atomic mass is 9.88. The maximum absolute atomic E-state index is 12.3. The van der Waals surface area contributed by atoms with E-state index in [1.54, 1.807) is 18.7 Å². The van der Waals surface area contributed by atoms with Crippen LogP contribution in [0.4, 0.5) is 0 Å². The lowest BCUT2D eigenvalue weighted by Gasteiger charge is -2.34. The molecule has 2 heterocycles. The lowest BCUT2D eigenvalue weighted by Crippen LogP contribution is -2.47. The third-order valence-corrected chi connectivity index (χ3v) is 4.76. The molecule has 22 heavy (non-hydrogen) atoms. The minimum atomic E-state index is -1.29. The highest BCUT2D eigenvalue weighted by molar-refractivity contribution is 5.84. The molecule has 4 heteroatoms. The summed E-state index contributed by atoms with van der Waals surface area (Å²) in [6.45, 7) is 7.65. The fourth-order valence-corrected chi connectivity index (χ4v) is 3.72. The first kappa shape index (κ1) is 15.5. The second-order valence-electron chi connectivity index (χ2n) is 7.18. The Morgan fingerprint density at radius 2 is 2.18 bits per heavy atom. The molecule has 0 spiro atoms. The van der Waals surface area contributed by atoms with Gasteiger partial charge in [-0.3, -0.25) is 4.79 Å². The molecule has 0 saturated carbocycles. The number of amides is 1. The van der Waals surface area contributed by atoms with Crippen LogP contribution in [-0.4, -0.2) is 34.6 Å². The van der Waals surface area contributed by atoms with E-state index in [2.05, 4.69) is 24.4 Å². The molecule has 2 aliphatic heterocycles. The molecule has 2 N–H and O–H groups in total. The fourth-order valence-electron chi connectivity index (χ4n) is 3.72. The molecule has 0 unspecified atom stereocenters. The SMILES string of the molecule is Cc1cc2c(c([C@@H]3CCCN3)c1)CCN(C(=O)C(C)(C)O)C2. The Labute approximate surface area is 132 Å². The van der Waals surface area contributed by atoms with Gasteiger partial charge in [-0.2, -0.15) is 0 Å².